The third kappa shape index (κ3) is 6.11. The van der Waals surface area contributed by atoms with E-state index in [0.717, 1.165) is 12.1 Å². The van der Waals surface area contributed by atoms with Crippen LogP contribution in [-0.2, 0) is 10.1 Å². The molecule has 0 unspecified atom stereocenters. The molecule has 17 heavy (non-hydrogen) atoms. The molecule has 0 aliphatic carbocycles. The Labute approximate surface area is 98.2 Å². The second kappa shape index (κ2) is 6.44. The van der Waals surface area contributed by atoms with Gasteiger partial charge in [0, 0.05) is 10.7 Å². The number of benzene rings is 1. The fourth-order valence-electron chi connectivity index (χ4n) is 0.826. The van der Waals surface area contributed by atoms with Crippen molar-refractivity contribution in [3.05, 3.63) is 34.4 Å². The van der Waals surface area contributed by atoms with Gasteiger partial charge < -0.3 is 9.32 Å². The molecule has 1 rings (SSSR count). The molecule has 1 aromatic carbocycles. The monoisotopic (exact) mass is 287 g/mol. The molecule has 0 atom stereocenters. The first-order chi connectivity index (χ1) is 7.66. The third-order valence-corrected chi connectivity index (χ3v) is 2.24. The van der Waals surface area contributed by atoms with Crippen LogP contribution in [0, 0.1) is 20.9 Å². The van der Waals surface area contributed by atoms with E-state index >= 15 is 0 Å². The average molecular weight is 288 g/mol. The van der Waals surface area contributed by atoms with Crippen molar-refractivity contribution >= 4 is 15.8 Å². The zero-order chi connectivity index (χ0) is 13.6. The Kier molecular flexibility index (Phi) is 5.95. The predicted molar refractivity (Wildman–Crippen MR) is 45.1 cm³/mol. The maximum Gasteiger partial charge on any atom is 0.301 e. The largest absolute Gasteiger partial charge is 0.321 e. The molecule has 0 aliphatic heterocycles. The molecule has 0 aromatic heterocycles. The normalized spacial score (nSPS) is 10.6. The summed E-state index contributed by atoms with van der Waals surface area (Å²) in [7, 11) is -7.12. The van der Waals surface area contributed by atoms with Gasteiger partial charge >= 0.3 is 10.1 Å². The lowest BCUT2D eigenvalue weighted by Crippen LogP contribution is -2.30. The molecule has 9 nitrogen and oxygen atoms in total. The summed E-state index contributed by atoms with van der Waals surface area (Å²) in [6.07, 6.45) is 0. The van der Waals surface area contributed by atoms with Crippen molar-refractivity contribution in [2.45, 2.75) is 4.90 Å². The highest BCUT2D eigenvalue weighted by Gasteiger charge is 2.22. The van der Waals surface area contributed by atoms with Gasteiger partial charge in [-0.1, -0.05) is 12.1 Å². The second-order valence-corrected chi connectivity index (χ2v) is 4.19. The lowest BCUT2D eigenvalue weighted by atomic mass is 10.3. The van der Waals surface area contributed by atoms with Gasteiger partial charge in [-0.25, -0.2) is 0 Å². The summed E-state index contributed by atoms with van der Waals surface area (Å²) in [6, 6.07) is 4.57. The summed E-state index contributed by atoms with van der Waals surface area (Å²) in [6.45, 7) is 0. The first-order valence-electron chi connectivity index (χ1n) is 3.61. The van der Waals surface area contributed by atoms with Gasteiger partial charge in [-0.2, -0.15) is 8.42 Å². The number of nitrogens with zero attached hydrogens (tertiary/aromatic N) is 1. The number of hydrogen-bond donors (Lipinski definition) is 2. The summed E-state index contributed by atoms with van der Waals surface area (Å²) in [5.74, 6) is 0. The summed E-state index contributed by atoms with van der Waals surface area (Å²) in [4.78, 5) is 8.73. The van der Waals surface area contributed by atoms with Gasteiger partial charge in [0.1, 0.15) is 0 Å². The first-order valence-corrected chi connectivity index (χ1v) is 6.01. The van der Waals surface area contributed by atoms with E-state index in [1.807, 2.05) is 0 Å². The molecule has 0 saturated carbocycles. The van der Waals surface area contributed by atoms with Crippen molar-refractivity contribution in [3.8, 4) is 0 Å². The molecular weight excluding hydrogens is 282 g/mol. The van der Waals surface area contributed by atoms with Crippen molar-refractivity contribution in [3.63, 3.8) is 0 Å². The van der Waals surface area contributed by atoms with Crippen molar-refractivity contribution in [1.82, 2.24) is 0 Å². The maximum atomic E-state index is 10.6. The minimum absolute atomic E-state index is 0.634. The topological polar surface area (TPSA) is 164 Å². The average Bonchev–Trinajstić information content (AvgIpc) is 2.15. The number of halogens is 1. The minimum Gasteiger partial charge on any atom is -0.321 e. The Bertz CT molecular complexity index is 484. The van der Waals surface area contributed by atoms with Crippen LogP contribution in [0.3, 0.4) is 0 Å². The smallest absolute Gasteiger partial charge is 0.301 e. The summed E-state index contributed by atoms with van der Waals surface area (Å²) < 4.78 is 53.8. The van der Waals surface area contributed by atoms with E-state index in [1.54, 1.807) is 0 Å². The Morgan fingerprint density at radius 2 is 1.65 bits per heavy atom. The number of hydrogen-bond acceptors (Lipinski definition) is 7. The molecule has 1 aromatic rings. The summed E-state index contributed by atoms with van der Waals surface area (Å²) in [5, 5.41) is 10.3. The molecule has 11 heteroatoms. The van der Waals surface area contributed by atoms with Crippen LogP contribution in [-0.4, -0.2) is 22.6 Å². The zero-order valence-corrected chi connectivity index (χ0v) is 9.46. The quantitative estimate of drug-likeness (QED) is 0.355. The van der Waals surface area contributed by atoms with Crippen LogP contribution < -0.4 is 9.32 Å². The van der Waals surface area contributed by atoms with Gasteiger partial charge in [-0.05, 0) is 6.07 Å². The van der Waals surface area contributed by atoms with E-state index in [0.29, 0.717) is 0 Å². The van der Waals surface area contributed by atoms with Crippen LogP contribution in [0.4, 0.5) is 5.69 Å². The fourth-order valence-corrected chi connectivity index (χ4v) is 1.48. The number of rotatable bonds is 2. The lowest BCUT2D eigenvalue weighted by molar-refractivity contribution is -1.63. The first kappa shape index (κ1) is 15.7. The minimum atomic E-state index is -4.52. The zero-order valence-electron chi connectivity index (χ0n) is 7.89. The van der Waals surface area contributed by atoms with E-state index in [-0.39, 0.29) is 0 Å². The SMILES string of the molecule is O=[N+]([O-])c1ccccc1S(=O)(=O)O.[O-][Cl+2]([O-])O. The van der Waals surface area contributed by atoms with Crippen LogP contribution in [0.1, 0.15) is 0 Å². The highest BCUT2D eigenvalue weighted by Crippen LogP contribution is 2.21. The van der Waals surface area contributed by atoms with Gasteiger partial charge in [0.25, 0.3) is 16.5 Å². The molecule has 0 spiro atoms. The molecule has 0 amide bonds. The molecule has 0 bridgehead atoms. The Hall–Kier alpha value is -1.30. The van der Waals surface area contributed by atoms with Crippen LogP contribution in [0.25, 0.3) is 0 Å². The second-order valence-electron chi connectivity index (χ2n) is 2.40. The van der Waals surface area contributed by atoms with Crippen LogP contribution in [0.5, 0.6) is 0 Å². The molecule has 0 radical (unpaired) electrons. The van der Waals surface area contributed by atoms with E-state index < -0.39 is 36.4 Å². The summed E-state index contributed by atoms with van der Waals surface area (Å²) in [5.41, 5.74) is -0.634. The highest BCUT2D eigenvalue weighted by molar-refractivity contribution is 7.86. The Morgan fingerprint density at radius 3 is 1.94 bits per heavy atom. The maximum absolute atomic E-state index is 10.6. The Balaban J connectivity index is 0.000000557. The number of nitro benzene ring substituents is 1. The van der Waals surface area contributed by atoms with Crippen molar-refractivity contribution in [2.75, 3.05) is 0 Å². The van der Waals surface area contributed by atoms with Gasteiger partial charge in [0.15, 0.2) is 4.90 Å². The molecule has 0 heterocycles. The van der Waals surface area contributed by atoms with E-state index in [2.05, 4.69) is 0 Å². The van der Waals surface area contributed by atoms with Crippen LogP contribution >= 0.6 is 0 Å². The van der Waals surface area contributed by atoms with E-state index in [4.69, 9.17) is 18.5 Å². The molecule has 0 fully saturated rings. The Morgan fingerprint density at radius 1 is 1.24 bits per heavy atom. The molecule has 96 valence electrons. The summed E-state index contributed by atoms with van der Waals surface area (Å²) >= 11 is 0. The van der Waals surface area contributed by atoms with Gasteiger partial charge in [-0.3, -0.25) is 14.7 Å². The molecule has 0 aliphatic rings. The predicted octanol–water partition coefficient (Wildman–Crippen LogP) is -2.09. The molecule has 2 N–H and O–H groups in total. The van der Waals surface area contributed by atoms with Gasteiger partial charge in [-0.15, -0.1) is 0 Å². The van der Waals surface area contributed by atoms with Crippen LogP contribution in [0.15, 0.2) is 29.2 Å². The van der Waals surface area contributed by atoms with Gasteiger partial charge in [0.05, 0.1) is 4.92 Å². The number of nitro groups is 1. The van der Waals surface area contributed by atoms with Crippen molar-refractivity contribution < 1.29 is 42.7 Å². The highest BCUT2D eigenvalue weighted by atomic mass is 35.6. The van der Waals surface area contributed by atoms with Gasteiger partial charge in [0.2, 0.25) is 0 Å². The van der Waals surface area contributed by atoms with Crippen LogP contribution in [0.2, 0.25) is 0 Å². The van der Waals surface area contributed by atoms with Crippen molar-refractivity contribution in [1.29, 1.82) is 0 Å². The lowest BCUT2D eigenvalue weighted by Gasteiger charge is -1.97. The molecular formula is C6H6ClNO8S. The standard InChI is InChI=1S/C6H5NO5S.ClHO3/c8-7(9)5-3-1-2-4-6(5)13(10,11)12;2-1(3)4/h1-4H,(H,10,11,12);2H. The fraction of sp³-hybridized carbons (Fsp3) is 0. The van der Waals surface area contributed by atoms with E-state index in [9.17, 15) is 18.5 Å². The molecule has 0 saturated heterocycles. The van der Waals surface area contributed by atoms with Crippen molar-refractivity contribution in [2.24, 2.45) is 0 Å². The van der Waals surface area contributed by atoms with E-state index in [1.165, 1.54) is 12.1 Å². The third-order valence-electron chi connectivity index (χ3n) is 1.34. The number of para-hydroxylation sites is 1.